The number of nitrogens with zero attached hydrogens (tertiary/aromatic N) is 3. The van der Waals surface area contributed by atoms with E-state index in [4.69, 9.17) is 4.99 Å². The highest BCUT2D eigenvalue weighted by atomic mass is 127. The lowest BCUT2D eigenvalue weighted by Gasteiger charge is -2.14. The summed E-state index contributed by atoms with van der Waals surface area (Å²) in [4.78, 5) is 8.75. The molecule has 2 aromatic rings. The van der Waals surface area contributed by atoms with Crippen molar-refractivity contribution in [2.24, 2.45) is 4.99 Å². The van der Waals surface area contributed by atoms with Gasteiger partial charge in [0, 0.05) is 44.5 Å². The molecule has 2 N–H and O–H groups in total. The van der Waals surface area contributed by atoms with Crippen molar-refractivity contribution in [2.75, 3.05) is 19.6 Å². The molecule has 0 spiro atoms. The normalized spacial score (nSPS) is 12.4. The lowest BCUT2D eigenvalue weighted by Crippen LogP contribution is -2.39. The third kappa shape index (κ3) is 6.90. The summed E-state index contributed by atoms with van der Waals surface area (Å²) in [5, 5.41) is 6.66. The average molecular weight is 441 g/mol. The predicted octanol–water partition coefficient (Wildman–Crippen LogP) is 3.17. The Morgan fingerprint density at radius 1 is 1.33 bits per heavy atom. The van der Waals surface area contributed by atoms with E-state index in [0.29, 0.717) is 5.92 Å². The number of rotatable bonds is 7. The van der Waals surface area contributed by atoms with E-state index in [9.17, 15) is 0 Å². The van der Waals surface area contributed by atoms with Crippen molar-refractivity contribution in [3.63, 3.8) is 0 Å². The molecule has 24 heavy (non-hydrogen) atoms. The quantitative estimate of drug-likeness (QED) is 0.394. The van der Waals surface area contributed by atoms with Crippen LogP contribution in [0.3, 0.4) is 0 Å². The van der Waals surface area contributed by atoms with Gasteiger partial charge in [0.2, 0.25) is 0 Å². The van der Waals surface area contributed by atoms with E-state index in [1.165, 1.54) is 11.1 Å². The number of imidazole rings is 1. The number of halogens is 1. The van der Waals surface area contributed by atoms with Crippen LogP contribution in [-0.2, 0) is 6.54 Å². The lowest BCUT2D eigenvalue weighted by atomic mass is 10.00. The molecule has 1 aromatic carbocycles. The van der Waals surface area contributed by atoms with Crippen LogP contribution in [0.5, 0.6) is 0 Å². The minimum absolute atomic E-state index is 0. The number of nitrogens with one attached hydrogen (secondary N) is 2. The van der Waals surface area contributed by atoms with E-state index < -0.39 is 0 Å². The fourth-order valence-corrected chi connectivity index (χ4v) is 2.37. The van der Waals surface area contributed by atoms with Crippen molar-refractivity contribution >= 4 is 29.9 Å². The van der Waals surface area contributed by atoms with Gasteiger partial charge in [0.25, 0.3) is 0 Å². The second kappa shape index (κ2) is 11.1. The molecule has 0 saturated heterocycles. The SMILES string of the molecule is CCNC(=NCC(C)c1cccc(C)c1)NCCn1ccnc1.I. The zero-order chi connectivity index (χ0) is 16.5. The molecule has 0 amide bonds. The topological polar surface area (TPSA) is 54.2 Å². The summed E-state index contributed by atoms with van der Waals surface area (Å²) in [6, 6.07) is 8.65. The summed E-state index contributed by atoms with van der Waals surface area (Å²) in [5.74, 6) is 1.27. The van der Waals surface area contributed by atoms with Crippen LogP contribution in [0.4, 0.5) is 0 Å². The number of guanidine groups is 1. The Morgan fingerprint density at radius 2 is 2.17 bits per heavy atom. The van der Waals surface area contributed by atoms with Crippen molar-refractivity contribution in [2.45, 2.75) is 33.2 Å². The fourth-order valence-electron chi connectivity index (χ4n) is 2.37. The first-order chi connectivity index (χ1) is 11.2. The smallest absolute Gasteiger partial charge is 0.191 e. The van der Waals surface area contributed by atoms with Crippen molar-refractivity contribution in [3.05, 3.63) is 54.1 Å². The van der Waals surface area contributed by atoms with Gasteiger partial charge in [-0.3, -0.25) is 4.99 Å². The molecule has 5 nitrogen and oxygen atoms in total. The minimum atomic E-state index is 0. The van der Waals surface area contributed by atoms with Crippen LogP contribution in [0.2, 0.25) is 0 Å². The third-order valence-electron chi connectivity index (χ3n) is 3.70. The summed E-state index contributed by atoms with van der Waals surface area (Å²) >= 11 is 0. The molecule has 1 heterocycles. The van der Waals surface area contributed by atoms with Gasteiger partial charge in [0.05, 0.1) is 6.33 Å². The summed E-state index contributed by atoms with van der Waals surface area (Å²) < 4.78 is 2.05. The number of aliphatic imine (C=N–C) groups is 1. The van der Waals surface area contributed by atoms with Crippen LogP contribution in [0.1, 0.15) is 30.9 Å². The van der Waals surface area contributed by atoms with Crippen LogP contribution in [0.15, 0.2) is 48.0 Å². The maximum atomic E-state index is 4.71. The number of benzene rings is 1. The van der Waals surface area contributed by atoms with Gasteiger partial charge in [-0.25, -0.2) is 4.98 Å². The van der Waals surface area contributed by atoms with Gasteiger partial charge in [-0.2, -0.15) is 0 Å². The van der Waals surface area contributed by atoms with Crippen molar-refractivity contribution in [1.82, 2.24) is 20.2 Å². The molecule has 1 aromatic heterocycles. The maximum absolute atomic E-state index is 4.71. The van der Waals surface area contributed by atoms with Crippen LogP contribution in [0.25, 0.3) is 0 Å². The molecule has 1 unspecified atom stereocenters. The van der Waals surface area contributed by atoms with E-state index >= 15 is 0 Å². The first-order valence-corrected chi connectivity index (χ1v) is 8.23. The van der Waals surface area contributed by atoms with Crippen molar-refractivity contribution in [1.29, 1.82) is 0 Å². The van der Waals surface area contributed by atoms with E-state index in [0.717, 1.165) is 32.1 Å². The molecule has 0 aliphatic carbocycles. The van der Waals surface area contributed by atoms with Gasteiger partial charge in [-0.1, -0.05) is 36.8 Å². The van der Waals surface area contributed by atoms with Crippen LogP contribution >= 0.6 is 24.0 Å². The Labute approximate surface area is 162 Å². The molecule has 0 fully saturated rings. The van der Waals surface area contributed by atoms with E-state index in [1.807, 2.05) is 17.1 Å². The highest BCUT2D eigenvalue weighted by molar-refractivity contribution is 14.0. The van der Waals surface area contributed by atoms with Crippen LogP contribution in [0, 0.1) is 6.92 Å². The largest absolute Gasteiger partial charge is 0.357 e. The number of hydrogen-bond acceptors (Lipinski definition) is 2. The molecule has 0 bridgehead atoms. The number of aryl methyl sites for hydroxylation is 1. The Hall–Kier alpha value is -1.57. The zero-order valence-corrected chi connectivity index (χ0v) is 17.0. The summed E-state index contributed by atoms with van der Waals surface area (Å²) in [6.45, 7) is 9.74. The van der Waals surface area contributed by atoms with Gasteiger partial charge in [-0.15, -0.1) is 24.0 Å². The molecule has 2 rings (SSSR count). The maximum Gasteiger partial charge on any atom is 0.191 e. The predicted molar refractivity (Wildman–Crippen MR) is 111 cm³/mol. The standard InChI is InChI=1S/C18H27N5.HI/c1-4-20-18(21-9-11-23-10-8-19-14-23)22-13-16(3)17-7-5-6-15(2)12-17;/h5-8,10,12,14,16H,4,9,11,13H2,1-3H3,(H2,20,21,22);1H. The molecular weight excluding hydrogens is 413 g/mol. The molecule has 0 saturated carbocycles. The molecule has 0 aliphatic heterocycles. The molecule has 1 atom stereocenters. The minimum Gasteiger partial charge on any atom is -0.357 e. The molecule has 132 valence electrons. The number of aromatic nitrogens is 2. The second-order valence-electron chi connectivity index (χ2n) is 5.76. The van der Waals surface area contributed by atoms with E-state index in [1.54, 1.807) is 6.20 Å². The Balaban J connectivity index is 0.00000288. The Bertz CT molecular complexity index is 610. The first kappa shape index (κ1) is 20.5. The van der Waals surface area contributed by atoms with Crippen LogP contribution in [-0.4, -0.2) is 35.1 Å². The van der Waals surface area contributed by atoms with Gasteiger partial charge in [0.1, 0.15) is 0 Å². The average Bonchev–Trinajstić information content (AvgIpc) is 3.05. The summed E-state index contributed by atoms with van der Waals surface area (Å²) in [5.41, 5.74) is 2.63. The van der Waals surface area contributed by atoms with E-state index in [-0.39, 0.29) is 24.0 Å². The van der Waals surface area contributed by atoms with Crippen LogP contribution < -0.4 is 10.6 Å². The second-order valence-corrected chi connectivity index (χ2v) is 5.76. The van der Waals surface area contributed by atoms with Crippen molar-refractivity contribution < 1.29 is 0 Å². The summed E-state index contributed by atoms with van der Waals surface area (Å²) in [6.07, 6.45) is 5.58. The number of hydrogen-bond donors (Lipinski definition) is 2. The molecule has 0 aliphatic rings. The zero-order valence-electron chi connectivity index (χ0n) is 14.7. The van der Waals surface area contributed by atoms with Crippen molar-refractivity contribution in [3.8, 4) is 0 Å². The van der Waals surface area contributed by atoms with Gasteiger partial charge < -0.3 is 15.2 Å². The van der Waals surface area contributed by atoms with E-state index in [2.05, 4.69) is 60.7 Å². The lowest BCUT2D eigenvalue weighted by molar-refractivity contribution is 0.659. The summed E-state index contributed by atoms with van der Waals surface area (Å²) in [7, 11) is 0. The fraction of sp³-hybridized carbons (Fsp3) is 0.444. The highest BCUT2D eigenvalue weighted by Gasteiger charge is 2.05. The van der Waals surface area contributed by atoms with Gasteiger partial charge in [-0.05, 0) is 19.4 Å². The van der Waals surface area contributed by atoms with Gasteiger partial charge in [0.15, 0.2) is 5.96 Å². The molecule has 0 radical (unpaired) electrons. The van der Waals surface area contributed by atoms with Gasteiger partial charge >= 0.3 is 0 Å². The third-order valence-corrected chi connectivity index (χ3v) is 3.70. The Morgan fingerprint density at radius 3 is 2.83 bits per heavy atom. The monoisotopic (exact) mass is 441 g/mol. The molecule has 6 heteroatoms. The highest BCUT2D eigenvalue weighted by Crippen LogP contribution is 2.16. The first-order valence-electron chi connectivity index (χ1n) is 8.23. The Kier molecular flexibility index (Phi) is 9.44. The molecular formula is C18H28IN5.